The first kappa shape index (κ1) is 15.7. The third-order valence-electron chi connectivity index (χ3n) is 4.44. The van der Waals surface area contributed by atoms with Crippen LogP contribution in [0.1, 0.15) is 5.56 Å². The zero-order valence-corrected chi connectivity index (χ0v) is 14.9. The Morgan fingerprint density at radius 2 is 1.72 bits per heavy atom. The van der Waals surface area contributed by atoms with Crippen molar-refractivity contribution in [1.82, 2.24) is 10.2 Å². The van der Waals surface area contributed by atoms with Crippen molar-refractivity contribution in [3.63, 3.8) is 0 Å². The lowest BCUT2D eigenvalue weighted by Gasteiger charge is -2.08. The summed E-state index contributed by atoms with van der Waals surface area (Å²) in [5, 5.41) is 12.7. The van der Waals surface area contributed by atoms with Gasteiger partial charge in [0, 0.05) is 21.7 Å². The molecule has 0 amide bonds. The molecule has 0 saturated heterocycles. The molecule has 4 rings (SSSR count). The number of nitrogens with one attached hydrogen (secondary N) is 3. The molecule has 0 fully saturated rings. The molecule has 0 saturated carbocycles. The summed E-state index contributed by atoms with van der Waals surface area (Å²) in [6.07, 6.45) is 0. The third-order valence-corrected chi connectivity index (χ3v) is 4.67. The molecule has 1 heterocycles. The van der Waals surface area contributed by atoms with Gasteiger partial charge in [0.2, 0.25) is 0 Å². The van der Waals surface area contributed by atoms with E-state index in [1.807, 2.05) is 37.3 Å². The molecule has 0 bridgehead atoms. The van der Waals surface area contributed by atoms with Gasteiger partial charge in [-0.05, 0) is 48.2 Å². The minimum atomic E-state index is 0.696. The van der Waals surface area contributed by atoms with Crippen LogP contribution in [0.5, 0.6) is 11.5 Å². The standard InChI is InChI=1S/C19H18ClN3O2/c1-10-4-5-12(20)8-15(10)21-19-14-6-11-7-16(24-2)17(25-3)9-13(11)18(14)22-23-19/h4-9,21-23H,1-3H3. The zero-order valence-electron chi connectivity index (χ0n) is 14.2. The van der Waals surface area contributed by atoms with E-state index in [0.717, 1.165) is 39.1 Å². The van der Waals surface area contributed by atoms with Crippen molar-refractivity contribution in [1.29, 1.82) is 0 Å². The lowest BCUT2D eigenvalue weighted by Crippen LogP contribution is -1.94. The number of rotatable bonds is 4. The summed E-state index contributed by atoms with van der Waals surface area (Å²) in [6.45, 7) is 2.04. The van der Waals surface area contributed by atoms with E-state index in [4.69, 9.17) is 21.1 Å². The lowest BCUT2D eigenvalue weighted by atomic mass is 10.2. The molecule has 0 unspecified atom stereocenters. The van der Waals surface area contributed by atoms with Gasteiger partial charge in [-0.25, -0.2) is 0 Å². The fraction of sp³-hybridized carbons (Fsp3) is 0.158. The van der Waals surface area contributed by atoms with Gasteiger partial charge >= 0.3 is 0 Å². The van der Waals surface area contributed by atoms with Crippen LogP contribution >= 0.6 is 11.6 Å². The second-order valence-corrected chi connectivity index (χ2v) is 6.37. The highest BCUT2D eigenvalue weighted by molar-refractivity contribution is 6.30. The Hall–Kier alpha value is -2.79. The molecule has 1 aliphatic heterocycles. The molecular formula is C19H18ClN3O2. The smallest absolute Gasteiger partial charge is 0.161 e. The predicted molar refractivity (Wildman–Crippen MR) is 102 cm³/mol. The van der Waals surface area contributed by atoms with Crippen molar-refractivity contribution in [2.75, 3.05) is 19.5 Å². The van der Waals surface area contributed by atoms with Crippen molar-refractivity contribution in [3.8, 4) is 22.8 Å². The second kappa shape index (κ2) is 5.93. The first-order valence-corrected chi connectivity index (χ1v) is 8.26. The summed E-state index contributed by atoms with van der Waals surface area (Å²) in [7, 11) is 3.28. The number of aryl methyl sites for hydroxylation is 1. The largest absolute Gasteiger partial charge is 0.493 e. The van der Waals surface area contributed by atoms with Gasteiger partial charge in [0.25, 0.3) is 0 Å². The molecule has 6 heteroatoms. The molecular weight excluding hydrogens is 338 g/mol. The molecule has 0 atom stereocenters. The van der Waals surface area contributed by atoms with E-state index in [9.17, 15) is 0 Å². The lowest BCUT2D eigenvalue weighted by molar-refractivity contribution is 0.356. The van der Waals surface area contributed by atoms with E-state index in [-0.39, 0.29) is 0 Å². The quantitative estimate of drug-likeness (QED) is 0.464. The molecule has 0 spiro atoms. The molecule has 5 nitrogen and oxygen atoms in total. The van der Waals surface area contributed by atoms with E-state index < -0.39 is 0 Å². The van der Waals surface area contributed by atoms with E-state index in [2.05, 4.69) is 21.6 Å². The number of anilines is 2. The van der Waals surface area contributed by atoms with Crippen LogP contribution in [0.25, 0.3) is 22.0 Å². The van der Waals surface area contributed by atoms with Crippen molar-refractivity contribution < 1.29 is 9.47 Å². The maximum atomic E-state index is 6.12. The molecule has 2 aromatic rings. The highest BCUT2D eigenvalue weighted by atomic mass is 35.5. The number of aromatic amines is 2. The number of halogens is 1. The van der Waals surface area contributed by atoms with Gasteiger partial charge < -0.3 is 14.8 Å². The van der Waals surface area contributed by atoms with Crippen LogP contribution < -0.4 is 14.8 Å². The van der Waals surface area contributed by atoms with Gasteiger partial charge in [0.15, 0.2) is 11.5 Å². The number of benzene rings is 2. The number of aromatic nitrogens is 2. The predicted octanol–water partition coefficient (Wildman–Crippen LogP) is 5.32. The molecule has 0 aromatic heterocycles. The summed E-state index contributed by atoms with van der Waals surface area (Å²) in [5.74, 6) is 2.30. The zero-order chi connectivity index (χ0) is 17.6. The fourth-order valence-electron chi connectivity index (χ4n) is 3.09. The van der Waals surface area contributed by atoms with Gasteiger partial charge in [0.05, 0.1) is 19.9 Å². The normalized spacial score (nSPS) is 11.2. The summed E-state index contributed by atoms with van der Waals surface area (Å²) >= 11 is 6.12. The van der Waals surface area contributed by atoms with Crippen LogP contribution in [0.4, 0.5) is 11.5 Å². The van der Waals surface area contributed by atoms with Crippen LogP contribution in [0.3, 0.4) is 0 Å². The Balaban J connectivity index is 1.80. The number of hydrogen-bond donors (Lipinski definition) is 3. The molecule has 25 heavy (non-hydrogen) atoms. The molecule has 2 aliphatic rings. The van der Waals surface area contributed by atoms with Crippen molar-refractivity contribution in [3.05, 3.63) is 47.0 Å². The fourth-order valence-corrected chi connectivity index (χ4v) is 3.26. The first-order valence-electron chi connectivity index (χ1n) is 7.88. The number of ether oxygens (including phenoxy) is 2. The monoisotopic (exact) mass is 355 g/mol. The van der Waals surface area contributed by atoms with Crippen LogP contribution in [0, 0.1) is 6.92 Å². The highest BCUT2D eigenvalue weighted by Crippen LogP contribution is 2.43. The van der Waals surface area contributed by atoms with Crippen LogP contribution in [-0.2, 0) is 0 Å². The van der Waals surface area contributed by atoms with E-state index in [0.29, 0.717) is 16.5 Å². The van der Waals surface area contributed by atoms with Crippen LogP contribution in [0.15, 0.2) is 36.4 Å². The first-order chi connectivity index (χ1) is 12.1. The Morgan fingerprint density at radius 3 is 2.48 bits per heavy atom. The SMILES string of the molecule is COc1cc2cc3c(Nc4cc(Cl)ccc4C)[nH][nH]c-3c2cc1OC. The Morgan fingerprint density at radius 1 is 0.960 bits per heavy atom. The van der Waals surface area contributed by atoms with Gasteiger partial charge in [-0.1, -0.05) is 17.7 Å². The molecule has 128 valence electrons. The molecule has 2 aromatic carbocycles. The molecule has 0 radical (unpaired) electrons. The molecule has 3 N–H and O–H groups in total. The average Bonchev–Trinajstić information content (AvgIpc) is 3.16. The maximum absolute atomic E-state index is 6.12. The van der Waals surface area contributed by atoms with Gasteiger partial charge in [0.1, 0.15) is 5.82 Å². The van der Waals surface area contributed by atoms with E-state index >= 15 is 0 Å². The minimum Gasteiger partial charge on any atom is -0.493 e. The van der Waals surface area contributed by atoms with Gasteiger partial charge in [-0.3, -0.25) is 10.2 Å². The van der Waals surface area contributed by atoms with E-state index in [1.165, 1.54) is 0 Å². The van der Waals surface area contributed by atoms with Crippen molar-refractivity contribution in [2.45, 2.75) is 6.92 Å². The topological polar surface area (TPSA) is 62.1 Å². The number of H-pyrrole nitrogens is 2. The second-order valence-electron chi connectivity index (χ2n) is 5.94. The van der Waals surface area contributed by atoms with Gasteiger partial charge in [-0.2, -0.15) is 0 Å². The van der Waals surface area contributed by atoms with Gasteiger partial charge in [-0.15, -0.1) is 0 Å². The van der Waals surface area contributed by atoms with Crippen molar-refractivity contribution >= 4 is 33.9 Å². The summed E-state index contributed by atoms with van der Waals surface area (Å²) in [6, 6.07) is 11.9. The van der Waals surface area contributed by atoms with Crippen molar-refractivity contribution in [2.24, 2.45) is 0 Å². The average molecular weight is 356 g/mol. The number of methoxy groups -OCH3 is 2. The highest BCUT2D eigenvalue weighted by Gasteiger charge is 2.19. The number of hydrogen-bond acceptors (Lipinski definition) is 3. The number of fused-ring (bicyclic) bond motifs is 3. The van der Waals surface area contributed by atoms with Crippen LogP contribution in [-0.4, -0.2) is 24.4 Å². The minimum absolute atomic E-state index is 0.696. The van der Waals surface area contributed by atoms with E-state index in [1.54, 1.807) is 14.2 Å². The van der Waals surface area contributed by atoms with Crippen LogP contribution in [0.2, 0.25) is 5.02 Å². The Bertz CT molecular complexity index is 1030. The molecule has 1 aliphatic carbocycles. The third kappa shape index (κ3) is 2.57. The maximum Gasteiger partial charge on any atom is 0.161 e. The summed E-state index contributed by atoms with van der Waals surface area (Å²) in [4.78, 5) is 0. The Kier molecular flexibility index (Phi) is 3.73. The summed E-state index contributed by atoms with van der Waals surface area (Å²) < 4.78 is 10.8. The Labute approximate surface area is 150 Å². The summed E-state index contributed by atoms with van der Waals surface area (Å²) in [5.41, 5.74) is 4.15.